The number of hydrogen-bond acceptors (Lipinski definition) is 8. The molecule has 1 fully saturated rings. The number of phosphoric ester groups is 1. The molecule has 0 spiro atoms. The second kappa shape index (κ2) is 9.80. The molecule has 2 aromatic carbocycles. The smallest absolute Gasteiger partial charge is 0.387 e. The molecule has 37 heavy (non-hydrogen) atoms. The second-order valence-electron chi connectivity index (χ2n) is 8.67. The average Bonchev–Trinajstić information content (AvgIpc) is 3.35. The highest BCUT2D eigenvalue weighted by molar-refractivity contribution is 7.46. The lowest BCUT2D eigenvalue weighted by Gasteiger charge is -2.14. The molecule has 5 rings (SSSR count). The molecule has 0 bridgehead atoms. The molecule has 4 aromatic rings. The maximum atomic E-state index is 12.8. The lowest BCUT2D eigenvalue weighted by molar-refractivity contribution is -0.745. The minimum atomic E-state index is -4.82. The lowest BCUT2D eigenvalue weighted by Crippen LogP contribution is -2.46. The molecule has 1 aliphatic heterocycles. The summed E-state index contributed by atoms with van der Waals surface area (Å²) in [7, 11) is -4.82. The summed E-state index contributed by atoms with van der Waals surface area (Å²) in [4.78, 5) is 37.4. The van der Waals surface area contributed by atoms with Crippen LogP contribution in [0.5, 0.6) is 0 Å². The number of nitrogens with two attached hydrogens (primary N) is 1. The van der Waals surface area contributed by atoms with Crippen molar-refractivity contribution < 1.29 is 38.4 Å². The number of imidazole rings is 1. The fourth-order valence-electron chi connectivity index (χ4n) is 4.38. The molecule has 3 heterocycles. The van der Waals surface area contributed by atoms with Crippen molar-refractivity contribution in [3.05, 3.63) is 76.8 Å². The second-order valence-corrected chi connectivity index (χ2v) is 9.91. The van der Waals surface area contributed by atoms with Gasteiger partial charge >= 0.3 is 13.5 Å². The molecular weight excluding hydrogens is 505 g/mol. The van der Waals surface area contributed by atoms with Gasteiger partial charge in [0.15, 0.2) is 6.33 Å². The predicted molar refractivity (Wildman–Crippen MR) is 130 cm³/mol. The Balaban J connectivity index is 1.48. The first-order chi connectivity index (χ1) is 17.6. The van der Waals surface area contributed by atoms with Crippen molar-refractivity contribution in [1.82, 2.24) is 14.5 Å². The number of aromatic nitrogens is 4. The van der Waals surface area contributed by atoms with Crippen LogP contribution < -0.4 is 15.9 Å². The number of aliphatic hydroxyl groups excluding tert-OH is 2. The van der Waals surface area contributed by atoms with Crippen molar-refractivity contribution in [2.75, 3.05) is 12.3 Å². The molecule has 14 heteroatoms. The third-order valence-corrected chi connectivity index (χ3v) is 6.61. The Morgan fingerprint density at radius 2 is 1.76 bits per heavy atom. The Morgan fingerprint density at radius 3 is 2.43 bits per heavy atom. The monoisotopic (exact) mass is 530 g/mol. The number of rotatable bonds is 7. The summed E-state index contributed by atoms with van der Waals surface area (Å²) < 4.78 is 24.1. The van der Waals surface area contributed by atoms with Crippen LogP contribution in [0.4, 0.5) is 5.95 Å². The SMILES string of the molecule is Nc1nc2c(c(=O)[nH]1)n(Cc1ccc(-c3ccccc3)cc1)c[n+]2[C@H]1O[C@@H](COP(=O)(O)O)[C@H](O)[C@@H]1O. The predicted octanol–water partition coefficient (Wildman–Crippen LogP) is 0.0381. The first-order valence-electron chi connectivity index (χ1n) is 11.3. The minimum Gasteiger partial charge on any atom is -0.387 e. The molecule has 194 valence electrons. The van der Waals surface area contributed by atoms with E-state index >= 15 is 0 Å². The van der Waals surface area contributed by atoms with E-state index < -0.39 is 44.5 Å². The summed E-state index contributed by atoms with van der Waals surface area (Å²) in [6.07, 6.45) is -4.01. The number of nitrogen functional groups attached to an aromatic ring is 1. The molecule has 1 aliphatic rings. The first-order valence-corrected chi connectivity index (χ1v) is 12.8. The molecule has 2 aromatic heterocycles. The zero-order valence-corrected chi connectivity index (χ0v) is 20.2. The number of nitrogens with zero attached hydrogens (tertiary/aromatic N) is 3. The number of H-pyrrole nitrogens is 1. The largest absolute Gasteiger partial charge is 0.469 e. The van der Waals surface area contributed by atoms with Crippen molar-refractivity contribution >= 4 is 24.9 Å². The van der Waals surface area contributed by atoms with E-state index in [4.69, 9.17) is 20.3 Å². The molecule has 0 radical (unpaired) electrons. The van der Waals surface area contributed by atoms with Gasteiger partial charge in [0, 0.05) is 0 Å². The maximum Gasteiger partial charge on any atom is 0.469 e. The Hall–Kier alpha value is -3.42. The molecule has 7 N–H and O–H groups in total. The van der Waals surface area contributed by atoms with Crippen LogP contribution in [0.1, 0.15) is 11.8 Å². The van der Waals surface area contributed by atoms with Crippen LogP contribution >= 0.6 is 7.82 Å². The molecule has 13 nitrogen and oxygen atoms in total. The maximum absolute atomic E-state index is 12.8. The van der Waals surface area contributed by atoms with Crippen molar-refractivity contribution in [1.29, 1.82) is 0 Å². The number of ether oxygens (including phenoxy) is 1. The van der Waals surface area contributed by atoms with Gasteiger partial charge < -0.3 is 30.5 Å². The number of aliphatic hydroxyl groups is 2. The highest BCUT2D eigenvalue weighted by atomic mass is 31.2. The standard InChI is InChI=1S/C23H24N5O8P/c24-23-25-20-17(21(31)26-23)27(10-13-6-8-15(9-7-13)14-4-2-1-3-5-14)12-28(20)22-19(30)18(29)16(36-22)11-35-37(32,33)34/h1-9,12,16,18-19,22,29-30H,10-11H2,(H4-,24,25,26,31,32,33,34)/p+1/t16-,18-,19-,22-/m0/s1. The van der Waals surface area contributed by atoms with Crippen molar-refractivity contribution in [2.24, 2.45) is 0 Å². The van der Waals surface area contributed by atoms with Gasteiger partial charge in [-0.2, -0.15) is 0 Å². The molecule has 0 saturated carbocycles. The van der Waals surface area contributed by atoms with E-state index in [0.717, 1.165) is 16.7 Å². The topological polar surface area (TPSA) is 197 Å². The van der Waals surface area contributed by atoms with Gasteiger partial charge in [0.25, 0.3) is 11.5 Å². The fourth-order valence-corrected chi connectivity index (χ4v) is 4.72. The van der Waals surface area contributed by atoms with Crippen molar-refractivity contribution in [3.63, 3.8) is 0 Å². The molecule has 0 amide bonds. The number of aromatic amines is 1. The minimum absolute atomic E-state index is 0.0926. The van der Waals surface area contributed by atoms with Crippen molar-refractivity contribution in [3.8, 4) is 11.1 Å². The summed E-state index contributed by atoms with van der Waals surface area (Å²) in [5.74, 6) is -0.161. The van der Waals surface area contributed by atoms with E-state index in [1.54, 1.807) is 4.57 Å². The van der Waals surface area contributed by atoms with Gasteiger partial charge in [-0.25, -0.2) is 9.13 Å². The summed E-state index contributed by atoms with van der Waals surface area (Å²) >= 11 is 0. The van der Waals surface area contributed by atoms with Crippen LogP contribution in [0.2, 0.25) is 0 Å². The molecular formula is C23H25N5O8P+. The van der Waals surface area contributed by atoms with Crippen LogP contribution in [0.15, 0.2) is 65.7 Å². The summed E-state index contributed by atoms with van der Waals surface area (Å²) in [5.41, 5.74) is 8.47. The van der Waals surface area contributed by atoms with Crippen LogP contribution in [-0.4, -0.2) is 59.5 Å². The normalized spacial score (nSPS) is 22.1. The number of nitrogens with one attached hydrogen (secondary N) is 1. The Bertz CT molecular complexity index is 1520. The first kappa shape index (κ1) is 25.2. The Labute approximate surface area is 209 Å². The molecule has 0 aliphatic carbocycles. The zero-order chi connectivity index (χ0) is 26.3. The number of fused-ring (bicyclic) bond motifs is 1. The van der Waals surface area contributed by atoms with E-state index in [9.17, 15) is 19.6 Å². The molecule has 1 saturated heterocycles. The van der Waals surface area contributed by atoms with E-state index in [2.05, 4.69) is 14.5 Å². The highest BCUT2D eigenvalue weighted by Gasteiger charge is 2.47. The van der Waals surface area contributed by atoms with Gasteiger partial charge in [0.05, 0.1) is 13.2 Å². The van der Waals surface area contributed by atoms with Crippen LogP contribution in [-0.2, 0) is 20.4 Å². The van der Waals surface area contributed by atoms with E-state index in [-0.39, 0.29) is 23.7 Å². The fraction of sp³-hybridized carbons (Fsp3) is 0.261. The zero-order valence-electron chi connectivity index (χ0n) is 19.3. The molecule has 0 unspecified atom stereocenters. The number of hydrogen-bond donors (Lipinski definition) is 6. The third kappa shape index (κ3) is 5.20. The lowest BCUT2D eigenvalue weighted by atomic mass is 10.0. The average molecular weight is 530 g/mol. The van der Waals surface area contributed by atoms with Gasteiger partial charge in [0.2, 0.25) is 11.7 Å². The number of phosphoric acid groups is 1. The third-order valence-electron chi connectivity index (χ3n) is 6.12. The van der Waals surface area contributed by atoms with Gasteiger partial charge in [-0.3, -0.25) is 18.9 Å². The van der Waals surface area contributed by atoms with Gasteiger partial charge in [-0.15, -0.1) is 0 Å². The van der Waals surface area contributed by atoms with Crippen LogP contribution in [0.25, 0.3) is 22.3 Å². The Morgan fingerprint density at radius 1 is 1.08 bits per heavy atom. The summed E-state index contributed by atoms with van der Waals surface area (Å²) in [5, 5.41) is 21.0. The molecule has 4 atom stereocenters. The quantitative estimate of drug-likeness (QED) is 0.140. The number of benzene rings is 2. The number of anilines is 1. The van der Waals surface area contributed by atoms with Crippen molar-refractivity contribution in [2.45, 2.75) is 31.1 Å². The van der Waals surface area contributed by atoms with Gasteiger partial charge in [-0.05, 0) is 16.7 Å². The van der Waals surface area contributed by atoms with Gasteiger partial charge in [0.1, 0.15) is 18.3 Å². The van der Waals surface area contributed by atoms with Crippen LogP contribution in [0, 0.1) is 0 Å². The summed E-state index contributed by atoms with van der Waals surface area (Å²) in [6.45, 7) is -0.397. The van der Waals surface area contributed by atoms with E-state index in [1.807, 2.05) is 54.6 Å². The van der Waals surface area contributed by atoms with Gasteiger partial charge in [-0.1, -0.05) is 59.6 Å². The van der Waals surface area contributed by atoms with Crippen LogP contribution in [0.3, 0.4) is 0 Å². The highest BCUT2D eigenvalue weighted by Crippen LogP contribution is 2.37. The summed E-state index contributed by atoms with van der Waals surface area (Å²) in [6, 6.07) is 17.7. The van der Waals surface area contributed by atoms with E-state index in [0.29, 0.717) is 0 Å². The Kier molecular flexibility index (Phi) is 6.68. The van der Waals surface area contributed by atoms with E-state index in [1.165, 1.54) is 10.9 Å².